The largest absolute Gasteiger partial charge is 0.481 e. The number of aliphatic carboxylic acids is 1. The van der Waals surface area contributed by atoms with Gasteiger partial charge in [-0.25, -0.2) is 4.39 Å². The Morgan fingerprint density at radius 3 is 3.00 bits per heavy atom. The van der Waals surface area contributed by atoms with Gasteiger partial charge in [0.05, 0.1) is 5.41 Å². The molecule has 20 heavy (non-hydrogen) atoms. The molecule has 2 aliphatic rings. The molecule has 4 heteroatoms. The van der Waals surface area contributed by atoms with Crippen molar-refractivity contribution in [3.05, 3.63) is 35.1 Å². The molecule has 1 aromatic rings. The predicted octanol–water partition coefficient (Wildman–Crippen LogP) is 2.82. The van der Waals surface area contributed by atoms with E-state index in [-0.39, 0.29) is 11.7 Å². The minimum atomic E-state index is -0.655. The molecule has 1 aliphatic heterocycles. The standard InChI is InChI=1S/C16H20FNO2/c1-11-4-5-12(7-14(11)17)8-18-9-13-3-2-6-16(13,10-18)15(19)20/h4-5,7,13H,2-3,6,8-10H2,1H3,(H,19,20)/t13-,16+/m0/s1. The molecule has 2 atom stereocenters. The highest BCUT2D eigenvalue weighted by atomic mass is 19.1. The van der Waals surface area contributed by atoms with Crippen LogP contribution < -0.4 is 0 Å². The first-order valence-electron chi connectivity index (χ1n) is 7.22. The number of likely N-dealkylation sites (tertiary alicyclic amines) is 1. The van der Waals surface area contributed by atoms with Crippen molar-refractivity contribution in [3.63, 3.8) is 0 Å². The predicted molar refractivity (Wildman–Crippen MR) is 73.8 cm³/mol. The lowest BCUT2D eigenvalue weighted by Crippen LogP contribution is -2.35. The van der Waals surface area contributed by atoms with Crippen LogP contribution in [0.5, 0.6) is 0 Å². The maximum absolute atomic E-state index is 13.6. The molecule has 3 rings (SSSR count). The summed E-state index contributed by atoms with van der Waals surface area (Å²) < 4.78 is 13.6. The van der Waals surface area contributed by atoms with Crippen molar-refractivity contribution in [1.29, 1.82) is 0 Å². The van der Waals surface area contributed by atoms with Gasteiger partial charge in [0, 0.05) is 19.6 Å². The molecule has 1 N–H and O–H groups in total. The molecular weight excluding hydrogens is 257 g/mol. The number of rotatable bonds is 3. The summed E-state index contributed by atoms with van der Waals surface area (Å²) in [6.07, 6.45) is 2.81. The lowest BCUT2D eigenvalue weighted by atomic mass is 9.81. The number of halogens is 1. The van der Waals surface area contributed by atoms with Gasteiger partial charge in [0.25, 0.3) is 0 Å². The fraction of sp³-hybridized carbons (Fsp3) is 0.562. The second-order valence-corrected chi connectivity index (χ2v) is 6.30. The number of nitrogens with zero attached hydrogens (tertiary/aromatic N) is 1. The van der Waals surface area contributed by atoms with Crippen molar-refractivity contribution in [2.24, 2.45) is 11.3 Å². The van der Waals surface area contributed by atoms with Gasteiger partial charge in [-0.3, -0.25) is 9.69 Å². The van der Waals surface area contributed by atoms with E-state index in [4.69, 9.17) is 0 Å². The van der Waals surface area contributed by atoms with Crippen LogP contribution in [-0.4, -0.2) is 29.1 Å². The Labute approximate surface area is 118 Å². The van der Waals surface area contributed by atoms with Crippen molar-refractivity contribution in [2.45, 2.75) is 32.7 Å². The molecule has 1 heterocycles. The molecule has 0 aromatic heterocycles. The quantitative estimate of drug-likeness (QED) is 0.923. The molecule has 1 aliphatic carbocycles. The minimum absolute atomic E-state index is 0.185. The second kappa shape index (κ2) is 4.85. The first kappa shape index (κ1) is 13.6. The molecular formula is C16H20FNO2. The van der Waals surface area contributed by atoms with Crippen LogP contribution in [0.25, 0.3) is 0 Å². The van der Waals surface area contributed by atoms with Gasteiger partial charge in [0.1, 0.15) is 5.82 Å². The van der Waals surface area contributed by atoms with Gasteiger partial charge in [0.15, 0.2) is 0 Å². The number of hydrogen-bond acceptors (Lipinski definition) is 2. The molecule has 3 nitrogen and oxygen atoms in total. The monoisotopic (exact) mass is 277 g/mol. The van der Waals surface area contributed by atoms with E-state index in [0.717, 1.165) is 31.4 Å². The van der Waals surface area contributed by atoms with E-state index in [1.165, 1.54) is 0 Å². The van der Waals surface area contributed by atoms with Gasteiger partial charge >= 0.3 is 5.97 Å². The number of carboxylic acid groups (broad SMARTS) is 1. The molecule has 1 aromatic carbocycles. The zero-order valence-electron chi connectivity index (χ0n) is 11.7. The van der Waals surface area contributed by atoms with Crippen molar-refractivity contribution in [1.82, 2.24) is 4.90 Å². The number of benzene rings is 1. The Kier molecular flexibility index (Phi) is 3.28. The third kappa shape index (κ3) is 2.12. The highest BCUT2D eigenvalue weighted by Gasteiger charge is 2.54. The summed E-state index contributed by atoms with van der Waals surface area (Å²) in [4.78, 5) is 13.8. The highest BCUT2D eigenvalue weighted by molar-refractivity contribution is 5.76. The van der Waals surface area contributed by atoms with Crippen molar-refractivity contribution >= 4 is 5.97 Å². The van der Waals surface area contributed by atoms with Crippen LogP contribution in [0.2, 0.25) is 0 Å². The summed E-state index contributed by atoms with van der Waals surface area (Å²) in [6.45, 7) is 3.81. The Hall–Kier alpha value is -1.42. The molecule has 0 bridgehead atoms. The fourth-order valence-corrected chi connectivity index (χ4v) is 3.86. The van der Waals surface area contributed by atoms with Gasteiger partial charge in [-0.2, -0.15) is 0 Å². The van der Waals surface area contributed by atoms with E-state index < -0.39 is 11.4 Å². The molecule has 2 fully saturated rings. The maximum Gasteiger partial charge on any atom is 0.311 e. The fourth-order valence-electron chi connectivity index (χ4n) is 3.86. The summed E-state index contributed by atoms with van der Waals surface area (Å²) >= 11 is 0. The van der Waals surface area contributed by atoms with E-state index in [2.05, 4.69) is 4.90 Å². The minimum Gasteiger partial charge on any atom is -0.481 e. The molecule has 0 radical (unpaired) electrons. The number of carboxylic acids is 1. The van der Waals surface area contributed by atoms with Crippen LogP contribution in [-0.2, 0) is 11.3 Å². The normalized spacial score (nSPS) is 29.6. The summed E-state index contributed by atoms with van der Waals surface area (Å²) in [5.41, 5.74) is 1.02. The number of fused-ring (bicyclic) bond motifs is 1. The van der Waals surface area contributed by atoms with Crippen LogP contribution in [0, 0.1) is 24.1 Å². The zero-order chi connectivity index (χ0) is 14.3. The van der Waals surface area contributed by atoms with Gasteiger partial charge in [-0.15, -0.1) is 0 Å². The van der Waals surface area contributed by atoms with E-state index >= 15 is 0 Å². The Bertz CT molecular complexity index is 545. The molecule has 1 saturated heterocycles. The summed E-state index contributed by atoms with van der Waals surface area (Å²) in [6, 6.07) is 5.28. The zero-order valence-corrected chi connectivity index (χ0v) is 11.7. The second-order valence-electron chi connectivity index (χ2n) is 6.30. The number of hydrogen-bond donors (Lipinski definition) is 1. The lowest BCUT2D eigenvalue weighted by Gasteiger charge is -2.23. The third-order valence-electron chi connectivity index (χ3n) is 5.01. The van der Waals surface area contributed by atoms with Gasteiger partial charge in [-0.05, 0) is 42.9 Å². The maximum atomic E-state index is 13.6. The molecule has 1 saturated carbocycles. The summed E-state index contributed by atoms with van der Waals surface area (Å²) in [5, 5.41) is 9.55. The van der Waals surface area contributed by atoms with Crippen LogP contribution in [0.4, 0.5) is 4.39 Å². The van der Waals surface area contributed by atoms with Crippen LogP contribution in [0.3, 0.4) is 0 Å². The van der Waals surface area contributed by atoms with Crippen LogP contribution in [0.1, 0.15) is 30.4 Å². The number of carbonyl (C=O) groups is 1. The van der Waals surface area contributed by atoms with Gasteiger partial charge in [0.2, 0.25) is 0 Å². The SMILES string of the molecule is Cc1ccc(CN2C[C@@H]3CCC[C@@]3(C(=O)O)C2)cc1F. The average Bonchev–Trinajstić information content (AvgIpc) is 2.91. The van der Waals surface area contributed by atoms with E-state index in [1.807, 2.05) is 6.07 Å². The van der Waals surface area contributed by atoms with E-state index in [0.29, 0.717) is 18.7 Å². The Morgan fingerprint density at radius 2 is 2.35 bits per heavy atom. The van der Waals surface area contributed by atoms with Crippen LogP contribution in [0.15, 0.2) is 18.2 Å². The van der Waals surface area contributed by atoms with Gasteiger partial charge in [-0.1, -0.05) is 18.6 Å². The lowest BCUT2D eigenvalue weighted by molar-refractivity contribution is -0.149. The van der Waals surface area contributed by atoms with E-state index in [9.17, 15) is 14.3 Å². The molecule has 0 unspecified atom stereocenters. The molecule has 0 amide bonds. The van der Waals surface area contributed by atoms with Crippen molar-refractivity contribution in [2.75, 3.05) is 13.1 Å². The van der Waals surface area contributed by atoms with Crippen molar-refractivity contribution < 1.29 is 14.3 Å². The Balaban J connectivity index is 1.74. The summed E-state index contributed by atoms with van der Waals surface area (Å²) in [5.74, 6) is -0.581. The smallest absolute Gasteiger partial charge is 0.311 e. The Morgan fingerprint density at radius 1 is 1.55 bits per heavy atom. The first-order chi connectivity index (χ1) is 9.51. The topological polar surface area (TPSA) is 40.5 Å². The average molecular weight is 277 g/mol. The van der Waals surface area contributed by atoms with Gasteiger partial charge < -0.3 is 5.11 Å². The summed E-state index contributed by atoms with van der Waals surface area (Å²) in [7, 11) is 0. The molecule has 108 valence electrons. The molecule has 0 spiro atoms. The third-order valence-corrected chi connectivity index (χ3v) is 5.01. The van der Waals surface area contributed by atoms with Crippen LogP contribution >= 0.6 is 0 Å². The van der Waals surface area contributed by atoms with E-state index in [1.54, 1.807) is 19.1 Å². The van der Waals surface area contributed by atoms with Crippen molar-refractivity contribution in [3.8, 4) is 0 Å². The highest BCUT2D eigenvalue weighted by Crippen LogP contribution is 2.49. The first-order valence-corrected chi connectivity index (χ1v) is 7.22. The number of aryl methyl sites for hydroxylation is 1.